The monoisotopic (exact) mass is 1000 g/mol. The summed E-state index contributed by atoms with van der Waals surface area (Å²) < 4.78 is 5.49. The van der Waals surface area contributed by atoms with Crippen molar-refractivity contribution in [2.75, 3.05) is 13.2 Å². The van der Waals surface area contributed by atoms with E-state index in [-0.39, 0.29) is 18.5 Å². The Balaban J connectivity index is 3.44. The van der Waals surface area contributed by atoms with Crippen LogP contribution in [0.15, 0.2) is 24.3 Å². The first-order valence-corrected chi connectivity index (χ1v) is 32.1. The summed E-state index contributed by atoms with van der Waals surface area (Å²) in [6, 6.07) is -0.635. The van der Waals surface area contributed by atoms with Gasteiger partial charge in [-0.15, -0.1) is 0 Å². The lowest BCUT2D eigenvalue weighted by Gasteiger charge is -2.20. The number of carbonyl (C=O) groups excluding carboxylic acids is 2. The first-order valence-electron chi connectivity index (χ1n) is 32.1. The Hall–Kier alpha value is -1.66. The second kappa shape index (κ2) is 60.9. The topological polar surface area (TPSA) is 95.9 Å². The summed E-state index contributed by atoms with van der Waals surface area (Å²) in [5.74, 6) is -0.0672. The summed E-state index contributed by atoms with van der Waals surface area (Å²) in [6.07, 6.45) is 75.0. The van der Waals surface area contributed by atoms with Crippen LogP contribution in [0.1, 0.15) is 354 Å². The van der Waals surface area contributed by atoms with E-state index in [1.165, 1.54) is 283 Å². The molecule has 2 unspecified atom stereocenters. The van der Waals surface area contributed by atoms with Crippen LogP contribution >= 0.6 is 0 Å². The average Bonchev–Trinajstić information content (AvgIpc) is 3.37. The zero-order valence-corrected chi connectivity index (χ0v) is 48.0. The molecule has 0 radical (unpaired) electrons. The normalized spacial score (nSPS) is 12.7. The number of carbonyl (C=O) groups is 2. The molecule has 0 heterocycles. The van der Waals surface area contributed by atoms with Crippen molar-refractivity contribution < 1.29 is 24.5 Å². The van der Waals surface area contributed by atoms with Crippen molar-refractivity contribution in [3.63, 3.8) is 0 Å². The highest BCUT2D eigenvalue weighted by Gasteiger charge is 2.18. The maximum Gasteiger partial charge on any atom is 0.305 e. The molecule has 0 aromatic rings. The fourth-order valence-electron chi connectivity index (χ4n) is 10.0. The van der Waals surface area contributed by atoms with E-state index < -0.39 is 12.1 Å². The first kappa shape index (κ1) is 69.3. The minimum absolute atomic E-state index is 0.00768. The van der Waals surface area contributed by atoms with E-state index in [1.807, 2.05) is 6.08 Å². The van der Waals surface area contributed by atoms with Crippen LogP contribution < -0.4 is 5.32 Å². The number of esters is 1. The summed E-state index contributed by atoms with van der Waals surface area (Å²) in [5.41, 5.74) is 0. The van der Waals surface area contributed by atoms with Crippen molar-refractivity contribution in [3.05, 3.63) is 24.3 Å². The largest absolute Gasteiger partial charge is 0.466 e. The van der Waals surface area contributed by atoms with Gasteiger partial charge in [-0.1, -0.05) is 308 Å². The molecule has 420 valence electrons. The van der Waals surface area contributed by atoms with Gasteiger partial charge in [0.25, 0.3) is 0 Å². The van der Waals surface area contributed by atoms with Crippen LogP contribution in [-0.4, -0.2) is 47.4 Å². The van der Waals surface area contributed by atoms with Crippen LogP contribution in [0.2, 0.25) is 0 Å². The van der Waals surface area contributed by atoms with Crippen LogP contribution in [0.3, 0.4) is 0 Å². The number of ether oxygens (including phenoxy) is 1. The number of amides is 1. The summed E-state index contributed by atoms with van der Waals surface area (Å²) >= 11 is 0. The van der Waals surface area contributed by atoms with Crippen LogP contribution in [0, 0.1) is 0 Å². The lowest BCUT2D eigenvalue weighted by molar-refractivity contribution is -0.143. The van der Waals surface area contributed by atoms with Crippen molar-refractivity contribution in [1.29, 1.82) is 0 Å². The highest BCUT2D eigenvalue weighted by molar-refractivity contribution is 5.76. The quantitative estimate of drug-likeness (QED) is 0.0320. The number of aliphatic hydroxyl groups is 2. The highest BCUT2D eigenvalue weighted by atomic mass is 16.5. The third kappa shape index (κ3) is 57.5. The molecule has 0 rings (SSSR count). The Morgan fingerprint density at radius 1 is 0.380 bits per heavy atom. The molecule has 0 saturated heterocycles. The second-order valence-electron chi connectivity index (χ2n) is 22.1. The minimum Gasteiger partial charge on any atom is -0.466 e. The summed E-state index contributed by atoms with van der Waals surface area (Å²) in [4.78, 5) is 24.6. The number of hydrogen-bond donors (Lipinski definition) is 3. The van der Waals surface area contributed by atoms with Gasteiger partial charge in [-0.3, -0.25) is 9.59 Å². The second-order valence-corrected chi connectivity index (χ2v) is 22.1. The third-order valence-corrected chi connectivity index (χ3v) is 15.0. The molecule has 71 heavy (non-hydrogen) atoms. The molecule has 6 heteroatoms. The van der Waals surface area contributed by atoms with Gasteiger partial charge in [0.15, 0.2) is 0 Å². The van der Waals surface area contributed by atoms with Gasteiger partial charge < -0.3 is 20.3 Å². The molecule has 0 aliphatic rings. The smallest absolute Gasteiger partial charge is 0.305 e. The van der Waals surface area contributed by atoms with Gasteiger partial charge in [-0.05, 0) is 57.8 Å². The van der Waals surface area contributed by atoms with Gasteiger partial charge in [-0.2, -0.15) is 0 Å². The maximum absolute atomic E-state index is 12.5. The molecule has 6 nitrogen and oxygen atoms in total. The SMILES string of the molecule is CCCCCCCCCCCCCCCCCC/C=C/C(O)C(CO)NC(=O)CCCCCCCCC/C=C\CCCCCCCCCCOC(=O)CCCCCCCCCCCCCCCCCCC. The summed E-state index contributed by atoms with van der Waals surface area (Å²) in [5, 5.41) is 23.2. The zero-order valence-electron chi connectivity index (χ0n) is 48.0. The molecule has 3 N–H and O–H groups in total. The van der Waals surface area contributed by atoms with Gasteiger partial charge in [0.05, 0.1) is 25.4 Å². The Kier molecular flexibility index (Phi) is 59.5. The number of aliphatic hydroxyl groups excluding tert-OH is 2. The van der Waals surface area contributed by atoms with Gasteiger partial charge in [0.2, 0.25) is 5.91 Å². The van der Waals surface area contributed by atoms with Crippen molar-refractivity contribution in [1.82, 2.24) is 5.32 Å². The summed E-state index contributed by atoms with van der Waals surface area (Å²) in [7, 11) is 0. The lowest BCUT2D eigenvalue weighted by atomic mass is 10.0. The maximum atomic E-state index is 12.5. The Bertz CT molecular complexity index is 1110. The number of unbranched alkanes of at least 4 members (excludes halogenated alkanes) is 47. The van der Waals surface area contributed by atoms with Crippen LogP contribution in [-0.2, 0) is 14.3 Å². The van der Waals surface area contributed by atoms with Crippen LogP contribution in [0.4, 0.5) is 0 Å². The Morgan fingerprint density at radius 2 is 0.662 bits per heavy atom. The van der Waals surface area contributed by atoms with Gasteiger partial charge in [0, 0.05) is 12.8 Å². The minimum atomic E-state index is -0.851. The lowest BCUT2D eigenvalue weighted by Crippen LogP contribution is -2.45. The predicted octanol–water partition coefficient (Wildman–Crippen LogP) is 20.2. The van der Waals surface area contributed by atoms with Gasteiger partial charge in [0.1, 0.15) is 0 Å². The molecule has 0 aromatic heterocycles. The highest BCUT2D eigenvalue weighted by Crippen LogP contribution is 2.18. The zero-order chi connectivity index (χ0) is 51.4. The van der Waals surface area contributed by atoms with Gasteiger partial charge >= 0.3 is 5.97 Å². The van der Waals surface area contributed by atoms with E-state index in [4.69, 9.17) is 4.74 Å². The third-order valence-electron chi connectivity index (χ3n) is 15.0. The van der Waals surface area contributed by atoms with Crippen molar-refractivity contribution in [2.24, 2.45) is 0 Å². The molecule has 0 aliphatic heterocycles. The molecule has 0 saturated carbocycles. The number of nitrogens with one attached hydrogen (secondary N) is 1. The molecule has 2 atom stereocenters. The fourth-order valence-corrected chi connectivity index (χ4v) is 10.0. The van der Waals surface area contributed by atoms with E-state index in [2.05, 4.69) is 31.3 Å². The van der Waals surface area contributed by atoms with E-state index in [0.29, 0.717) is 19.4 Å². The molecule has 0 aromatic carbocycles. The molecule has 0 spiro atoms. The van der Waals surface area contributed by atoms with Crippen molar-refractivity contribution >= 4 is 11.9 Å². The Labute approximate surface area is 443 Å². The predicted molar refractivity (Wildman–Crippen MR) is 310 cm³/mol. The first-order chi connectivity index (χ1) is 35.0. The fraction of sp³-hybridized carbons (Fsp3) is 0.908. The summed E-state index contributed by atoms with van der Waals surface area (Å²) in [6.45, 7) is 4.92. The van der Waals surface area contributed by atoms with E-state index in [1.54, 1.807) is 6.08 Å². The van der Waals surface area contributed by atoms with Crippen molar-refractivity contribution in [2.45, 2.75) is 366 Å². The van der Waals surface area contributed by atoms with E-state index >= 15 is 0 Å². The molecule has 1 amide bonds. The van der Waals surface area contributed by atoms with Crippen LogP contribution in [0.25, 0.3) is 0 Å². The van der Waals surface area contributed by atoms with Crippen molar-refractivity contribution in [3.8, 4) is 0 Å². The number of rotatable bonds is 60. The van der Waals surface area contributed by atoms with Crippen LogP contribution in [0.5, 0.6) is 0 Å². The van der Waals surface area contributed by atoms with E-state index in [0.717, 1.165) is 44.9 Å². The average molecular weight is 1000 g/mol. The Morgan fingerprint density at radius 3 is 1.00 bits per heavy atom. The molecule has 0 aliphatic carbocycles. The molecular weight excluding hydrogens is 875 g/mol. The molecule has 0 fully saturated rings. The number of hydrogen-bond acceptors (Lipinski definition) is 5. The van der Waals surface area contributed by atoms with E-state index in [9.17, 15) is 19.8 Å². The number of allylic oxidation sites excluding steroid dienone is 3. The standard InChI is InChI=1S/C65H125NO5/c1-3-5-7-9-11-13-15-17-19-21-26-29-33-37-41-45-49-53-57-63(68)62(61-67)66-64(69)58-54-50-46-42-38-34-30-27-23-22-24-28-32-36-40-44-48-52-56-60-71-65(70)59-55-51-47-43-39-35-31-25-20-18-16-14-12-10-8-6-4-2/h22-23,53,57,62-63,67-68H,3-21,24-52,54-56,58-61H2,1-2H3,(H,66,69)/b23-22-,57-53+. The molecular formula is C65H125NO5. The van der Waals surface area contributed by atoms with Gasteiger partial charge in [-0.25, -0.2) is 0 Å². The molecule has 0 bridgehead atoms.